The molecule has 0 atom stereocenters. The number of nitrogens with one attached hydrogen (secondary N) is 4. The molecule has 0 aliphatic rings. The van der Waals surface area contributed by atoms with Crippen molar-refractivity contribution >= 4 is 29.1 Å². The van der Waals surface area contributed by atoms with Crippen LogP contribution in [-0.4, -0.2) is 38.8 Å². The van der Waals surface area contributed by atoms with Crippen molar-refractivity contribution < 1.29 is 19.2 Å². The van der Waals surface area contributed by atoms with Crippen LogP contribution in [0.25, 0.3) is 0 Å². The Bertz CT molecular complexity index is 1110. The number of methoxy groups -OCH3 is 1. The van der Waals surface area contributed by atoms with E-state index in [-0.39, 0.29) is 22.9 Å². The number of rotatable bonds is 8. The second-order valence-corrected chi connectivity index (χ2v) is 5.75. The molecular formula is C18H16N8O5. The molecule has 0 aliphatic carbocycles. The summed E-state index contributed by atoms with van der Waals surface area (Å²) in [5.74, 6) is -1.54. The van der Waals surface area contributed by atoms with Crippen molar-refractivity contribution in [2.75, 3.05) is 18.0 Å². The predicted octanol–water partition coefficient (Wildman–Crippen LogP) is 1.30. The van der Waals surface area contributed by atoms with Crippen molar-refractivity contribution in [2.24, 2.45) is 0 Å². The second-order valence-electron chi connectivity index (χ2n) is 5.75. The smallest absolute Gasteiger partial charge is 0.356 e. The first-order valence-electron chi connectivity index (χ1n) is 8.67. The number of nitrogens with zero attached hydrogens (tertiary/aromatic N) is 4. The van der Waals surface area contributed by atoms with Gasteiger partial charge in [0, 0.05) is 6.20 Å². The van der Waals surface area contributed by atoms with Crippen LogP contribution in [-0.2, 0) is 0 Å². The van der Waals surface area contributed by atoms with E-state index in [9.17, 15) is 19.7 Å². The van der Waals surface area contributed by atoms with Crippen LogP contribution < -0.4 is 26.4 Å². The summed E-state index contributed by atoms with van der Waals surface area (Å²) in [6.45, 7) is 0. The molecule has 0 spiro atoms. The summed E-state index contributed by atoms with van der Waals surface area (Å²) in [6.07, 6.45) is 2.44. The van der Waals surface area contributed by atoms with Gasteiger partial charge in [-0.1, -0.05) is 18.2 Å². The summed E-state index contributed by atoms with van der Waals surface area (Å²) in [5, 5.41) is 11.6. The fraction of sp³-hybridized carbons (Fsp3) is 0.0556. The normalized spacial score (nSPS) is 9.97. The predicted molar refractivity (Wildman–Crippen MR) is 108 cm³/mol. The second kappa shape index (κ2) is 9.60. The lowest BCUT2D eigenvalue weighted by Crippen LogP contribution is -2.32. The third-order valence-electron chi connectivity index (χ3n) is 3.84. The molecule has 3 aromatic rings. The Morgan fingerprint density at radius 1 is 0.935 bits per heavy atom. The topological polar surface area (TPSA) is 173 Å². The molecule has 2 aromatic heterocycles. The van der Waals surface area contributed by atoms with Gasteiger partial charge in [-0.3, -0.25) is 46.4 Å². The number of aromatic nitrogens is 3. The number of hydrazine groups is 2. The van der Waals surface area contributed by atoms with E-state index in [4.69, 9.17) is 4.74 Å². The summed E-state index contributed by atoms with van der Waals surface area (Å²) in [4.78, 5) is 46.7. The van der Waals surface area contributed by atoms with Crippen LogP contribution >= 0.6 is 0 Å². The van der Waals surface area contributed by atoms with E-state index in [1.165, 1.54) is 25.4 Å². The number of pyridine rings is 1. The van der Waals surface area contributed by atoms with Gasteiger partial charge in [0.15, 0.2) is 0 Å². The van der Waals surface area contributed by atoms with Crippen molar-refractivity contribution in [3.63, 3.8) is 0 Å². The van der Waals surface area contributed by atoms with Crippen molar-refractivity contribution in [2.45, 2.75) is 0 Å². The number of para-hydroxylation sites is 1. The molecule has 158 valence electrons. The van der Waals surface area contributed by atoms with Gasteiger partial charge in [0.25, 0.3) is 11.8 Å². The van der Waals surface area contributed by atoms with Gasteiger partial charge >= 0.3 is 5.69 Å². The van der Waals surface area contributed by atoms with E-state index in [0.29, 0.717) is 5.75 Å². The number of carbonyl (C=O) groups is 2. The Labute approximate surface area is 175 Å². The quantitative estimate of drug-likeness (QED) is 0.305. The maximum Gasteiger partial charge on any atom is 0.356 e. The van der Waals surface area contributed by atoms with E-state index in [1.807, 2.05) is 0 Å². The molecule has 0 saturated heterocycles. The van der Waals surface area contributed by atoms with Crippen LogP contribution in [0, 0.1) is 10.1 Å². The first-order chi connectivity index (χ1) is 15.0. The Balaban J connectivity index is 1.75. The van der Waals surface area contributed by atoms with Gasteiger partial charge in [-0.05, 0) is 24.3 Å². The fourth-order valence-corrected chi connectivity index (χ4v) is 2.43. The first kappa shape index (κ1) is 20.9. The van der Waals surface area contributed by atoms with E-state index < -0.39 is 22.4 Å². The maximum atomic E-state index is 12.4. The van der Waals surface area contributed by atoms with Crippen LogP contribution in [0.1, 0.15) is 20.8 Å². The minimum atomic E-state index is -0.771. The molecule has 0 radical (unpaired) electrons. The number of hydrogen-bond donors (Lipinski definition) is 4. The number of nitro groups is 1. The van der Waals surface area contributed by atoms with Gasteiger partial charge in [0.05, 0.1) is 17.6 Å². The van der Waals surface area contributed by atoms with Crippen LogP contribution in [0.3, 0.4) is 0 Å². The van der Waals surface area contributed by atoms with Gasteiger partial charge in [0.1, 0.15) is 17.8 Å². The third kappa shape index (κ3) is 4.97. The van der Waals surface area contributed by atoms with E-state index in [0.717, 1.165) is 6.33 Å². The standard InChI is InChI=1S/C18H16N8O5/c1-31-13-8-3-2-6-11(13)17(27)24-22-15-14(26(29)30)16(21-10-20-15)23-25-18(28)12-7-4-5-9-19-12/h2-10H,1H3,(H,24,27)(H,25,28)(H2,20,21,22,23). The largest absolute Gasteiger partial charge is 0.496 e. The van der Waals surface area contributed by atoms with Crippen LogP contribution in [0.4, 0.5) is 17.3 Å². The average molecular weight is 424 g/mol. The van der Waals surface area contributed by atoms with E-state index in [1.54, 1.807) is 30.3 Å². The molecule has 1 aromatic carbocycles. The highest BCUT2D eigenvalue weighted by Gasteiger charge is 2.24. The summed E-state index contributed by atoms with van der Waals surface area (Å²) in [6, 6.07) is 11.1. The number of benzene rings is 1. The highest BCUT2D eigenvalue weighted by atomic mass is 16.6. The number of hydrogen-bond acceptors (Lipinski definition) is 10. The molecule has 2 amide bonds. The molecule has 31 heavy (non-hydrogen) atoms. The highest BCUT2D eigenvalue weighted by molar-refractivity contribution is 5.97. The van der Waals surface area contributed by atoms with Crippen LogP contribution in [0.15, 0.2) is 55.0 Å². The molecule has 0 bridgehead atoms. The molecule has 3 rings (SSSR count). The Morgan fingerprint density at radius 2 is 1.58 bits per heavy atom. The molecule has 0 unspecified atom stereocenters. The molecule has 0 fully saturated rings. The van der Waals surface area contributed by atoms with Gasteiger partial charge < -0.3 is 4.74 Å². The average Bonchev–Trinajstić information content (AvgIpc) is 2.81. The number of amides is 2. The molecule has 13 nitrogen and oxygen atoms in total. The van der Waals surface area contributed by atoms with Gasteiger partial charge in [-0.25, -0.2) is 9.97 Å². The monoisotopic (exact) mass is 424 g/mol. The molecule has 2 heterocycles. The molecule has 13 heteroatoms. The first-order valence-corrected chi connectivity index (χ1v) is 8.67. The Morgan fingerprint density at radius 3 is 2.19 bits per heavy atom. The lowest BCUT2D eigenvalue weighted by atomic mass is 10.2. The number of carbonyl (C=O) groups excluding carboxylic acids is 2. The zero-order valence-corrected chi connectivity index (χ0v) is 16.0. The SMILES string of the molecule is COc1ccccc1C(=O)NNc1ncnc(NNC(=O)c2ccccn2)c1[N+](=O)[O-]. The van der Waals surface area contributed by atoms with Gasteiger partial charge in [0.2, 0.25) is 11.6 Å². The highest BCUT2D eigenvalue weighted by Crippen LogP contribution is 2.28. The minimum absolute atomic E-state index is 0.0918. The summed E-state index contributed by atoms with van der Waals surface area (Å²) >= 11 is 0. The molecule has 4 N–H and O–H groups in total. The summed E-state index contributed by atoms with van der Waals surface area (Å²) in [5.41, 5.74) is 9.03. The van der Waals surface area contributed by atoms with Crippen molar-refractivity contribution in [1.29, 1.82) is 0 Å². The van der Waals surface area contributed by atoms with Crippen molar-refractivity contribution in [3.8, 4) is 5.75 Å². The Kier molecular flexibility index (Phi) is 6.47. The van der Waals surface area contributed by atoms with Crippen molar-refractivity contribution in [3.05, 3.63) is 76.4 Å². The molecule has 0 saturated carbocycles. The molecule has 0 aliphatic heterocycles. The zero-order valence-electron chi connectivity index (χ0n) is 16.0. The summed E-state index contributed by atoms with van der Waals surface area (Å²) < 4.78 is 5.11. The van der Waals surface area contributed by atoms with Gasteiger partial charge in [-0.2, -0.15) is 0 Å². The summed E-state index contributed by atoms with van der Waals surface area (Å²) in [7, 11) is 1.41. The minimum Gasteiger partial charge on any atom is -0.496 e. The van der Waals surface area contributed by atoms with Gasteiger partial charge in [-0.15, -0.1) is 0 Å². The Hall–Kier alpha value is -4.81. The maximum absolute atomic E-state index is 12.4. The van der Waals surface area contributed by atoms with Crippen LogP contribution in [0.5, 0.6) is 5.75 Å². The molecular weight excluding hydrogens is 408 g/mol. The number of anilines is 2. The van der Waals surface area contributed by atoms with Crippen molar-refractivity contribution in [1.82, 2.24) is 25.8 Å². The fourth-order valence-electron chi connectivity index (χ4n) is 2.43. The lowest BCUT2D eigenvalue weighted by molar-refractivity contribution is -0.383. The lowest BCUT2D eigenvalue weighted by Gasteiger charge is -2.12. The van der Waals surface area contributed by atoms with E-state index >= 15 is 0 Å². The number of ether oxygens (including phenoxy) is 1. The van der Waals surface area contributed by atoms with Crippen LogP contribution in [0.2, 0.25) is 0 Å². The zero-order chi connectivity index (χ0) is 22.2. The third-order valence-corrected chi connectivity index (χ3v) is 3.84. The van der Waals surface area contributed by atoms with E-state index in [2.05, 4.69) is 36.7 Å².